The molecular weight excluding hydrogens is 230 g/mol. The lowest BCUT2D eigenvalue weighted by Gasteiger charge is -1.96. The number of methoxy groups -OCH3 is 1. The van der Waals surface area contributed by atoms with Crippen molar-refractivity contribution < 1.29 is 14.6 Å². The first-order valence-electron chi connectivity index (χ1n) is 5.44. The molecule has 0 fully saturated rings. The van der Waals surface area contributed by atoms with Gasteiger partial charge in [0.1, 0.15) is 0 Å². The Labute approximate surface area is 104 Å². The summed E-state index contributed by atoms with van der Waals surface area (Å²) in [5.41, 5.74) is 1.96. The Bertz CT molecular complexity index is 590. The number of aliphatic carboxylic acids is 1. The maximum absolute atomic E-state index is 10.7. The highest BCUT2D eigenvalue weighted by molar-refractivity contribution is 5.85. The van der Waals surface area contributed by atoms with Crippen molar-refractivity contribution in [2.24, 2.45) is 0 Å². The third-order valence-electron chi connectivity index (χ3n) is 2.50. The van der Waals surface area contributed by atoms with Crippen molar-refractivity contribution >= 4 is 22.9 Å². The second kappa shape index (κ2) is 5.23. The first-order valence-corrected chi connectivity index (χ1v) is 5.44. The Morgan fingerprint density at radius 1 is 1.39 bits per heavy atom. The SMILES string of the molecule is COC(=CC=Cc1cc2ccccc2[nH]1)C(=O)O. The Morgan fingerprint density at radius 3 is 2.83 bits per heavy atom. The number of carboxylic acid groups (broad SMARTS) is 1. The zero-order chi connectivity index (χ0) is 13.0. The molecule has 1 aromatic carbocycles. The van der Waals surface area contributed by atoms with E-state index in [1.54, 1.807) is 12.2 Å². The maximum Gasteiger partial charge on any atom is 0.371 e. The molecule has 0 spiro atoms. The van der Waals surface area contributed by atoms with E-state index in [0.717, 1.165) is 16.6 Å². The number of fused-ring (bicyclic) bond motifs is 1. The van der Waals surface area contributed by atoms with Gasteiger partial charge in [-0.25, -0.2) is 4.79 Å². The number of H-pyrrole nitrogens is 1. The highest BCUT2D eigenvalue weighted by atomic mass is 16.5. The van der Waals surface area contributed by atoms with Crippen LogP contribution in [0.4, 0.5) is 0 Å². The van der Waals surface area contributed by atoms with Crippen molar-refractivity contribution in [3.63, 3.8) is 0 Å². The van der Waals surface area contributed by atoms with Gasteiger partial charge in [0.15, 0.2) is 0 Å². The van der Waals surface area contributed by atoms with Gasteiger partial charge in [0.25, 0.3) is 0 Å². The Hall–Kier alpha value is -2.49. The molecule has 0 saturated heterocycles. The standard InChI is InChI=1S/C14H13NO3/c1-18-13(14(16)17)8-4-6-11-9-10-5-2-3-7-12(10)15-11/h2-9,15H,1H3,(H,16,17). The third kappa shape index (κ3) is 2.60. The quantitative estimate of drug-likeness (QED) is 0.493. The van der Waals surface area contributed by atoms with Gasteiger partial charge in [-0.2, -0.15) is 0 Å². The summed E-state index contributed by atoms with van der Waals surface area (Å²) >= 11 is 0. The van der Waals surface area contributed by atoms with Crippen molar-refractivity contribution in [3.05, 3.63) is 53.9 Å². The van der Waals surface area contributed by atoms with Crippen molar-refractivity contribution in [1.82, 2.24) is 4.98 Å². The first-order chi connectivity index (χ1) is 8.70. The topological polar surface area (TPSA) is 62.3 Å². The number of aromatic amines is 1. The Balaban J connectivity index is 2.20. The molecule has 92 valence electrons. The van der Waals surface area contributed by atoms with Crippen LogP contribution in [-0.2, 0) is 9.53 Å². The number of para-hydroxylation sites is 1. The average molecular weight is 243 g/mol. The van der Waals surface area contributed by atoms with Crippen LogP contribution in [-0.4, -0.2) is 23.2 Å². The number of benzene rings is 1. The summed E-state index contributed by atoms with van der Waals surface area (Å²) in [7, 11) is 1.33. The molecule has 2 N–H and O–H groups in total. The molecule has 18 heavy (non-hydrogen) atoms. The highest BCUT2D eigenvalue weighted by Crippen LogP contribution is 2.15. The van der Waals surface area contributed by atoms with Gasteiger partial charge in [-0.1, -0.05) is 24.3 Å². The fraction of sp³-hybridized carbons (Fsp3) is 0.0714. The zero-order valence-electron chi connectivity index (χ0n) is 9.88. The number of ether oxygens (including phenoxy) is 1. The van der Waals surface area contributed by atoms with Gasteiger partial charge in [-0.3, -0.25) is 0 Å². The number of rotatable bonds is 4. The van der Waals surface area contributed by atoms with Crippen molar-refractivity contribution in [1.29, 1.82) is 0 Å². The third-order valence-corrected chi connectivity index (χ3v) is 2.50. The van der Waals surface area contributed by atoms with Crippen molar-refractivity contribution in [2.45, 2.75) is 0 Å². The number of nitrogens with one attached hydrogen (secondary N) is 1. The molecule has 4 nitrogen and oxygen atoms in total. The van der Waals surface area contributed by atoms with Crippen LogP contribution in [0.1, 0.15) is 5.69 Å². The molecule has 2 rings (SSSR count). The first kappa shape index (κ1) is 12.0. The molecule has 0 bridgehead atoms. The lowest BCUT2D eigenvalue weighted by molar-refractivity contribution is -0.136. The van der Waals surface area contributed by atoms with Crippen LogP contribution in [0.3, 0.4) is 0 Å². The summed E-state index contributed by atoms with van der Waals surface area (Å²) in [6.45, 7) is 0. The minimum absolute atomic E-state index is 0.0950. The van der Waals surface area contributed by atoms with E-state index in [1.807, 2.05) is 30.3 Å². The van der Waals surface area contributed by atoms with Gasteiger partial charge >= 0.3 is 5.97 Å². The van der Waals surface area contributed by atoms with Crippen LogP contribution in [0, 0.1) is 0 Å². The van der Waals surface area contributed by atoms with Crippen molar-refractivity contribution in [3.8, 4) is 0 Å². The van der Waals surface area contributed by atoms with E-state index >= 15 is 0 Å². The number of carbonyl (C=O) groups is 1. The van der Waals surface area contributed by atoms with Gasteiger partial charge in [-0.05, 0) is 29.7 Å². The summed E-state index contributed by atoms with van der Waals surface area (Å²) < 4.78 is 4.71. The molecule has 4 heteroatoms. The van der Waals surface area contributed by atoms with E-state index in [1.165, 1.54) is 13.2 Å². The highest BCUT2D eigenvalue weighted by Gasteiger charge is 2.03. The summed E-state index contributed by atoms with van der Waals surface area (Å²) in [6, 6.07) is 9.92. The van der Waals surface area contributed by atoms with Crippen LogP contribution < -0.4 is 0 Å². The summed E-state index contributed by atoms with van der Waals surface area (Å²) in [5, 5.41) is 9.87. The smallest absolute Gasteiger partial charge is 0.371 e. The second-order valence-corrected chi connectivity index (χ2v) is 3.71. The number of allylic oxidation sites excluding steroid dienone is 2. The molecule has 0 amide bonds. The van der Waals surface area contributed by atoms with Gasteiger partial charge in [0.05, 0.1) is 7.11 Å². The van der Waals surface area contributed by atoms with Crippen LogP contribution >= 0.6 is 0 Å². The average Bonchev–Trinajstić information content (AvgIpc) is 2.76. The number of carboxylic acids is 1. The predicted octanol–water partition coefficient (Wildman–Crippen LogP) is 2.80. The van der Waals surface area contributed by atoms with Crippen LogP contribution in [0.15, 0.2) is 48.2 Å². The van der Waals surface area contributed by atoms with Crippen LogP contribution in [0.5, 0.6) is 0 Å². The molecule has 1 aromatic heterocycles. The van der Waals surface area contributed by atoms with E-state index in [9.17, 15) is 4.79 Å². The van der Waals surface area contributed by atoms with Gasteiger partial charge in [-0.15, -0.1) is 0 Å². The largest absolute Gasteiger partial charge is 0.490 e. The maximum atomic E-state index is 10.7. The second-order valence-electron chi connectivity index (χ2n) is 3.71. The molecule has 0 atom stereocenters. The van der Waals surface area contributed by atoms with Gasteiger partial charge < -0.3 is 14.8 Å². The minimum Gasteiger partial charge on any atom is -0.490 e. The Kier molecular flexibility index (Phi) is 3.48. The molecule has 0 aliphatic rings. The van der Waals surface area contributed by atoms with Gasteiger partial charge in [0.2, 0.25) is 5.76 Å². The van der Waals surface area contributed by atoms with Crippen LogP contribution in [0.25, 0.3) is 17.0 Å². The molecule has 0 aliphatic carbocycles. The molecule has 0 saturated carbocycles. The van der Waals surface area contributed by atoms with E-state index in [0.29, 0.717) is 0 Å². The fourth-order valence-electron chi connectivity index (χ4n) is 1.65. The fourth-order valence-corrected chi connectivity index (χ4v) is 1.65. The van der Waals surface area contributed by atoms with E-state index in [4.69, 9.17) is 9.84 Å². The van der Waals surface area contributed by atoms with Crippen molar-refractivity contribution in [2.75, 3.05) is 7.11 Å². The number of aromatic nitrogens is 1. The summed E-state index contributed by atoms with van der Waals surface area (Å²) in [5.74, 6) is -1.18. The molecule has 0 radical (unpaired) electrons. The van der Waals surface area contributed by atoms with E-state index in [2.05, 4.69) is 4.98 Å². The van der Waals surface area contributed by atoms with E-state index in [-0.39, 0.29) is 5.76 Å². The van der Waals surface area contributed by atoms with Gasteiger partial charge in [0, 0.05) is 11.2 Å². The minimum atomic E-state index is -1.08. The molecular formula is C14H13NO3. The summed E-state index contributed by atoms with van der Waals surface area (Å²) in [4.78, 5) is 13.9. The molecule has 1 heterocycles. The predicted molar refractivity (Wildman–Crippen MR) is 70.1 cm³/mol. The number of hydrogen-bond donors (Lipinski definition) is 2. The monoisotopic (exact) mass is 243 g/mol. The van der Waals surface area contributed by atoms with E-state index < -0.39 is 5.97 Å². The van der Waals surface area contributed by atoms with Crippen LogP contribution in [0.2, 0.25) is 0 Å². The Morgan fingerprint density at radius 2 is 2.17 bits per heavy atom. The molecule has 2 aromatic rings. The zero-order valence-corrected chi connectivity index (χ0v) is 9.88. The molecule has 0 unspecified atom stereocenters. The molecule has 0 aliphatic heterocycles. The summed E-state index contributed by atoms with van der Waals surface area (Å²) in [6.07, 6.45) is 4.84. The lowest BCUT2D eigenvalue weighted by Crippen LogP contribution is -2.01. The number of hydrogen-bond acceptors (Lipinski definition) is 2. The lowest BCUT2D eigenvalue weighted by atomic mass is 10.2. The normalized spacial score (nSPS) is 12.2.